The van der Waals surface area contributed by atoms with Gasteiger partial charge in [-0.05, 0) is 30.7 Å². The Morgan fingerprint density at radius 3 is 2.14 bits per heavy atom. The summed E-state index contributed by atoms with van der Waals surface area (Å²) in [5.74, 6) is 0.657. The van der Waals surface area contributed by atoms with Crippen molar-refractivity contribution in [3.63, 3.8) is 0 Å². The van der Waals surface area contributed by atoms with Crippen LogP contribution in [-0.4, -0.2) is 24.3 Å². The van der Waals surface area contributed by atoms with Gasteiger partial charge in [-0.25, -0.2) is 0 Å². The largest absolute Gasteiger partial charge is 0.392 e. The van der Waals surface area contributed by atoms with Crippen LogP contribution in [0, 0.1) is 11.3 Å². The minimum atomic E-state index is -0.187. The quantitative estimate of drug-likeness (QED) is 0.692. The maximum Gasteiger partial charge on any atom is 0.0664 e. The third kappa shape index (κ3) is 10.0. The van der Waals surface area contributed by atoms with Gasteiger partial charge in [-0.2, -0.15) is 0 Å². The predicted molar refractivity (Wildman–Crippen MR) is 62.4 cm³/mol. The molecule has 0 aromatic rings. The minimum Gasteiger partial charge on any atom is -0.392 e. The average Bonchev–Trinajstić information content (AvgIpc) is 1.99. The third-order valence-corrected chi connectivity index (χ3v) is 2.16. The molecule has 0 aromatic heterocycles. The van der Waals surface area contributed by atoms with Crippen molar-refractivity contribution in [2.75, 3.05) is 13.1 Å². The van der Waals surface area contributed by atoms with Gasteiger partial charge in [-0.15, -0.1) is 0 Å². The summed E-state index contributed by atoms with van der Waals surface area (Å²) in [4.78, 5) is 0. The molecule has 14 heavy (non-hydrogen) atoms. The number of hydrogen-bond acceptors (Lipinski definition) is 2. The van der Waals surface area contributed by atoms with Crippen molar-refractivity contribution >= 4 is 0 Å². The predicted octanol–water partition coefficient (Wildman–Crippen LogP) is 2.42. The lowest BCUT2D eigenvalue weighted by atomic mass is 9.89. The second-order valence-corrected chi connectivity index (χ2v) is 5.81. The Labute approximate surface area is 89.1 Å². The van der Waals surface area contributed by atoms with Crippen LogP contribution in [0.5, 0.6) is 0 Å². The molecule has 0 fully saturated rings. The van der Waals surface area contributed by atoms with Crippen LogP contribution in [0.15, 0.2) is 0 Å². The summed E-state index contributed by atoms with van der Waals surface area (Å²) in [6, 6.07) is 0. The number of nitrogens with one attached hydrogen (secondary N) is 1. The Hall–Kier alpha value is -0.0800. The molecule has 0 aromatic carbocycles. The minimum absolute atomic E-state index is 0.187. The number of aliphatic hydroxyl groups excluding tert-OH is 1. The SMILES string of the molecule is CC(C)CNCC(O)CCC(C)(C)C. The van der Waals surface area contributed by atoms with Gasteiger partial charge < -0.3 is 10.4 Å². The van der Waals surface area contributed by atoms with Gasteiger partial charge in [0.1, 0.15) is 0 Å². The van der Waals surface area contributed by atoms with Crippen molar-refractivity contribution < 1.29 is 5.11 Å². The molecule has 2 nitrogen and oxygen atoms in total. The molecule has 0 radical (unpaired) electrons. The highest BCUT2D eigenvalue weighted by Gasteiger charge is 2.13. The molecule has 0 aliphatic carbocycles. The van der Waals surface area contributed by atoms with E-state index in [9.17, 15) is 5.11 Å². The zero-order chi connectivity index (χ0) is 11.2. The molecule has 2 heteroatoms. The van der Waals surface area contributed by atoms with Gasteiger partial charge in [0, 0.05) is 6.54 Å². The van der Waals surface area contributed by atoms with Gasteiger partial charge in [0.15, 0.2) is 0 Å². The van der Waals surface area contributed by atoms with Crippen molar-refractivity contribution in [3.05, 3.63) is 0 Å². The molecule has 1 unspecified atom stereocenters. The highest BCUT2D eigenvalue weighted by molar-refractivity contribution is 4.67. The van der Waals surface area contributed by atoms with Gasteiger partial charge in [-0.1, -0.05) is 34.6 Å². The van der Waals surface area contributed by atoms with Gasteiger partial charge in [0.2, 0.25) is 0 Å². The lowest BCUT2D eigenvalue weighted by molar-refractivity contribution is 0.142. The van der Waals surface area contributed by atoms with Crippen LogP contribution < -0.4 is 5.32 Å². The molecule has 1 atom stereocenters. The molecule has 0 aliphatic heterocycles. The fourth-order valence-corrected chi connectivity index (χ4v) is 1.24. The number of rotatable bonds is 6. The summed E-state index contributed by atoms with van der Waals surface area (Å²) < 4.78 is 0. The number of hydrogen-bond donors (Lipinski definition) is 2. The highest BCUT2D eigenvalue weighted by Crippen LogP contribution is 2.21. The standard InChI is InChI=1S/C12H27NO/c1-10(2)8-13-9-11(14)6-7-12(3,4)5/h10-11,13-14H,6-9H2,1-5H3. The zero-order valence-corrected chi connectivity index (χ0v) is 10.4. The van der Waals surface area contributed by atoms with E-state index in [0.29, 0.717) is 11.3 Å². The van der Waals surface area contributed by atoms with Gasteiger partial charge in [-0.3, -0.25) is 0 Å². The van der Waals surface area contributed by atoms with Gasteiger partial charge in [0.05, 0.1) is 6.10 Å². The van der Waals surface area contributed by atoms with Crippen LogP contribution in [0.3, 0.4) is 0 Å². The Morgan fingerprint density at radius 1 is 1.14 bits per heavy atom. The first kappa shape index (κ1) is 13.9. The van der Waals surface area contributed by atoms with E-state index in [1.54, 1.807) is 0 Å². The van der Waals surface area contributed by atoms with Crippen molar-refractivity contribution in [2.24, 2.45) is 11.3 Å². The molecule has 0 heterocycles. The van der Waals surface area contributed by atoms with E-state index < -0.39 is 0 Å². The second kappa shape index (κ2) is 6.41. The van der Waals surface area contributed by atoms with Crippen LogP contribution in [0.4, 0.5) is 0 Å². The highest BCUT2D eigenvalue weighted by atomic mass is 16.3. The van der Waals surface area contributed by atoms with E-state index in [2.05, 4.69) is 39.9 Å². The molecule has 0 aliphatic rings. The summed E-state index contributed by atoms with van der Waals surface area (Å²) >= 11 is 0. The molecule has 0 rings (SSSR count). The van der Waals surface area contributed by atoms with Crippen LogP contribution >= 0.6 is 0 Å². The Kier molecular flexibility index (Phi) is 6.38. The fourth-order valence-electron chi connectivity index (χ4n) is 1.24. The monoisotopic (exact) mass is 201 g/mol. The maximum absolute atomic E-state index is 9.66. The average molecular weight is 201 g/mol. The van der Waals surface area contributed by atoms with E-state index >= 15 is 0 Å². The van der Waals surface area contributed by atoms with E-state index in [1.165, 1.54) is 0 Å². The van der Waals surface area contributed by atoms with Crippen molar-refractivity contribution in [3.8, 4) is 0 Å². The first-order valence-corrected chi connectivity index (χ1v) is 5.70. The molecule has 86 valence electrons. The summed E-state index contributed by atoms with van der Waals surface area (Å²) in [7, 11) is 0. The van der Waals surface area contributed by atoms with Gasteiger partial charge in [0.25, 0.3) is 0 Å². The lowest BCUT2D eigenvalue weighted by Crippen LogP contribution is -2.30. The lowest BCUT2D eigenvalue weighted by Gasteiger charge is -2.20. The second-order valence-electron chi connectivity index (χ2n) is 5.81. The molecular weight excluding hydrogens is 174 g/mol. The van der Waals surface area contributed by atoms with Crippen molar-refractivity contribution in [1.29, 1.82) is 0 Å². The van der Waals surface area contributed by atoms with Gasteiger partial charge >= 0.3 is 0 Å². The smallest absolute Gasteiger partial charge is 0.0664 e. The molecule has 0 spiro atoms. The van der Waals surface area contributed by atoms with Crippen molar-refractivity contribution in [2.45, 2.75) is 53.6 Å². The Balaban J connectivity index is 3.42. The number of aliphatic hydroxyl groups is 1. The van der Waals surface area contributed by atoms with E-state index in [1.807, 2.05) is 0 Å². The van der Waals surface area contributed by atoms with E-state index in [-0.39, 0.29) is 6.10 Å². The Bertz CT molecular complexity index is 138. The molecule has 0 saturated carbocycles. The first-order chi connectivity index (χ1) is 6.31. The molecule has 0 amide bonds. The van der Waals surface area contributed by atoms with Crippen LogP contribution in [0.2, 0.25) is 0 Å². The zero-order valence-electron chi connectivity index (χ0n) is 10.4. The Morgan fingerprint density at radius 2 is 1.71 bits per heavy atom. The summed E-state index contributed by atoms with van der Waals surface area (Å²) in [6.07, 6.45) is 1.79. The van der Waals surface area contributed by atoms with Crippen LogP contribution in [-0.2, 0) is 0 Å². The fraction of sp³-hybridized carbons (Fsp3) is 1.00. The molecular formula is C12H27NO. The van der Waals surface area contributed by atoms with E-state index in [0.717, 1.165) is 25.9 Å². The third-order valence-electron chi connectivity index (χ3n) is 2.16. The molecule has 2 N–H and O–H groups in total. The van der Waals surface area contributed by atoms with Crippen LogP contribution in [0.25, 0.3) is 0 Å². The summed E-state index contributed by atoms with van der Waals surface area (Å²) in [6.45, 7) is 12.7. The molecule has 0 bridgehead atoms. The summed E-state index contributed by atoms with van der Waals surface area (Å²) in [5, 5.41) is 12.9. The first-order valence-electron chi connectivity index (χ1n) is 5.70. The van der Waals surface area contributed by atoms with Crippen LogP contribution in [0.1, 0.15) is 47.5 Å². The topological polar surface area (TPSA) is 32.3 Å². The normalized spacial score (nSPS) is 14.8. The summed E-state index contributed by atoms with van der Waals surface area (Å²) in [5.41, 5.74) is 0.332. The van der Waals surface area contributed by atoms with Crippen molar-refractivity contribution in [1.82, 2.24) is 5.32 Å². The molecule has 0 saturated heterocycles. The van der Waals surface area contributed by atoms with E-state index in [4.69, 9.17) is 0 Å². The maximum atomic E-state index is 9.66.